The van der Waals surface area contributed by atoms with Crippen molar-refractivity contribution in [3.05, 3.63) is 24.3 Å². The molecule has 0 fully saturated rings. The van der Waals surface area contributed by atoms with Crippen LogP contribution in [0.3, 0.4) is 0 Å². The van der Waals surface area contributed by atoms with Crippen LogP contribution < -0.4 is 9.47 Å². The number of para-hydroxylation sites is 2. The Balaban J connectivity index is 1.97. The van der Waals surface area contributed by atoms with E-state index in [4.69, 9.17) is 9.47 Å². The van der Waals surface area contributed by atoms with Crippen LogP contribution in [0.4, 0.5) is 0 Å². The van der Waals surface area contributed by atoms with Crippen LogP contribution in [0.1, 0.15) is 20.8 Å². The number of carbonyl (C=O) groups is 1. The Morgan fingerprint density at radius 3 is 2.58 bits per heavy atom. The zero-order valence-corrected chi connectivity index (χ0v) is 12.0. The monoisotopic (exact) mass is 263 g/mol. The maximum Gasteiger partial charge on any atom is 0.227 e. The van der Waals surface area contributed by atoms with Gasteiger partial charge in [-0.05, 0) is 12.1 Å². The Hall–Kier alpha value is -1.71. The van der Waals surface area contributed by atoms with Crippen LogP contribution in [0, 0.1) is 5.41 Å². The molecule has 0 unspecified atom stereocenters. The highest BCUT2D eigenvalue weighted by Gasteiger charge is 2.29. The molecule has 4 heteroatoms. The maximum atomic E-state index is 12.1. The molecule has 1 aromatic rings. The first-order chi connectivity index (χ1) is 8.88. The molecule has 1 aliphatic heterocycles. The van der Waals surface area contributed by atoms with Gasteiger partial charge in [-0.25, -0.2) is 0 Å². The molecule has 1 aliphatic rings. The number of likely N-dealkylation sites (N-methyl/N-ethyl adjacent to an activating group) is 1. The number of amides is 1. The molecule has 0 aromatic heterocycles. The first-order valence-electron chi connectivity index (χ1n) is 6.52. The van der Waals surface area contributed by atoms with E-state index in [0.29, 0.717) is 13.2 Å². The fraction of sp³-hybridized carbons (Fsp3) is 0.533. The molecular weight excluding hydrogens is 242 g/mol. The molecule has 0 spiro atoms. The van der Waals surface area contributed by atoms with Gasteiger partial charge in [0.15, 0.2) is 17.6 Å². The van der Waals surface area contributed by atoms with Gasteiger partial charge < -0.3 is 14.4 Å². The van der Waals surface area contributed by atoms with Crippen LogP contribution in [0.2, 0.25) is 0 Å². The minimum atomic E-state index is -0.373. The zero-order valence-electron chi connectivity index (χ0n) is 12.0. The summed E-state index contributed by atoms with van der Waals surface area (Å²) in [4.78, 5) is 13.8. The van der Waals surface area contributed by atoms with E-state index in [1.165, 1.54) is 0 Å². The van der Waals surface area contributed by atoms with Crippen molar-refractivity contribution in [3.63, 3.8) is 0 Å². The molecule has 0 radical (unpaired) electrons. The number of carbonyl (C=O) groups excluding carboxylic acids is 1. The fourth-order valence-electron chi connectivity index (χ4n) is 2.11. The average Bonchev–Trinajstić information content (AvgIpc) is 2.36. The Bertz CT molecular complexity index is 465. The van der Waals surface area contributed by atoms with Crippen LogP contribution in [-0.4, -0.2) is 37.1 Å². The Morgan fingerprint density at radius 1 is 1.32 bits per heavy atom. The predicted octanol–water partition coefficient (Wildman–Crippen LogP) is 2.33. The van der Waals surface area contributed by atoms with Gasteiger partial charge in [0.2, 0.25) is 5.91 Å². The molecule has 2 rings (SSSR count). The zero-order chi connectivity index (χ0) is 14.0. The molecule has 1 heterocycles. The largest absolute Gasteiger partial charge is 0.486 e. The van der Waals surface area contributed by atoms with Crippen LogP contribution in [0.25, 0.3) is 0 Å². The van der Waals surface area contributed by atoms with Gasteiger partial charge >= 0.3 is 0 Å². The Kier molecular flexibility index (Phi) is 3.69. The van der Waals surface area contributed by atoms with Crippen molar-refractivity contribution in [1.82, 2.24) is 4.90 Å². The topological polar surface area (TPSA) is 38.8 Å². The SMILES string of the molecule is CN(C[C@H]1COc2ccccc2O1)C(=O)C(C)(C)C. The third kappa shape index (κ3) is 3.19. The molecule has 0 saturated carbocycles. The van der Waals surface area contributed by atoms with Gasteiger partial charge in [0, 0.05) is 12.5 Å². The number of fused-ring (bicyclic) bond motifs is 1. The number of hydrogen-bond acceptors (Lipinski definition) is 3. The van der Waals surface area contributed by atoms with Gasteiger partial charge in [-0.3, -0.25) is 4.79 Å². The van der Waals surface area contributed by atoms with Crippen molar-refractivity contribution in [2.75, 3.05) is 20.2 Å². The first kappa shape index (κ1) is 13.7. The van der Waals surface area contributed by atoms with Crippen molar-refractivity contribution < 1.29 is 14.3 Å². The lowest BCUT2D eigenvalue weighted by Crippen LogP contribution is -2.45. The lowest BCUT2D eigenvalue weighted by Gasteiger charge is -2.32. The van der Waals surface area contributed by atoms with Crippen molar-refractivity contribution in [3.8, 4) is 11.5 Å². The number of nitrogens with zero attached hydrogens (tertiary/aromatic N) is 1. The van der Waals surface area contributed by atoms with Crippen molar-refractivity contribution in [1.29, 1.82) is 0 Å². The van der Waals surface area contributed by atoms with Crippen molar-refractivity contribution in [2.45, 2.75) is 26.9 Å². The molecule has 1 aromatic carbocycles. The summed E-state index contributed by atoms with van der Waals surface area (Å²) < 4.78 is 11.5. The standard InChI is InChI=1S/C15H21NO3/c1-15(2,3)14(17)16(4)9-11-10-18-12-7-5-6-8-13(12)19-11/h5-8,11H,9-10H2,1-4H3/t11-/m0/s1. The molecule has 19 heavy (non-hydrogen) atoms. The second kappa shape index (κ2) is 5.11. The van der Waals surface area contributed by atoms with E-state index >= 15 is 0 Å². The van der Waals surface area contributed by atoms with Crippen LogP contribution in [0.15, 0.2) is 24.3 Å². The lowest BCUT2D eigenvalue weighted by molar-refractivity contribution is -0.139. The Morgan fingerprint density at radius 2 is 1.95 bits per heavy atom. The molecule has 0 bridgehead atoms. The lowest BCUT2D eigenvalue weighted by atomic mass is 9.95. The summed E-state index contributed by atoms with van der Waals surface area (Å²) in [5.41, 5.74) is -0.373. The van der Waals surface area contributed by atoms with E-state index in [0.717, 1.165) is 11.5 Å². The molecule has 104 valence electrons. The van der Waals surface area contributed by atoms with E-state index in [2.05, 4.69) is 0 Å². The quantitative estimate of drug-likeness (QED) is 0.822. The molecule has 0 aliphatic carbocycles. The molecule has 0 saturated heterocycles. The average molecular weight is 263 g/mol. The number of ether oxygens (including phenoxy) is 2. The third-order valence-electron chi connectivity index (χ3n) is 3.03. The summed E-state index contributed by atoms with van der Waals surface area (Å²) in [6, 6.07) is 7.59. The van der Waals surface area contributed by atoms with Gasteiger partial charge in [-0.2, -0.15) is 0 Å². The highest BCUT2D eigenvalue weighted by Crippen LogP contribution is 2.31. The van der Waals surface area contributed by atoms with Gasteiger partial charge in [0.05, 0.1) is 6.54 Å². The van der Waals surface area contributed by atoms with Gasteiger partial charge in [0.1, 0.15) is 6.61 Å². The minimum absolute atomic E-state index is 0.106. The van der Waals surface area contributed by atoms with Crippen LogP contribution in [0.5, 0.6) is 11.5 Å². The number of rotatable bonds is 2. The van der Waals surface area contributed by atoms with E-state index in [1.807, 2.05) is 45.0 Å². The van der Waals surface area contributed by atoms with Gasteiger partial charge in [-0.1, -0.05) is 32.9 Å². The maximum absolute atomic E-state index is 12.1. The fourth-order valence-corrected chi connectivity index (χ4v) is 2.11. The molecule has 4 nitrogen and oxygen atoms in total. The minimum Gasteiger partial charge on any atom is -0.486 e. The normalized spacial score (nSPS) is 18.0. The second-order valence-electron chi connectivity index (χ2n) is 5.93. The van der Waals surface area contributed by atoms with Gasteiger partial charge in [-0.15, -0.1) is 0 Å². The summed E-state index contributed by atoms with van der Waals surface area (Å²) in [7, 11) is 1.80. The van der Waals surface area contributed by atoms with Gasteiger partial charge in [0.25, 0.3) is 0 Å². The molecule has 1 atom stereocenters. The first-order valence-corrected chi connectivity index (χ1v) is 6.52. The summed E-state index contributed by atoms with van der Waals surface area (Å²) in [6.07, 6.45) is -0.119. The Labute approximate surface area is 114 Å². The second-order valence-corrected chi connectivity index (χ2v) is 5.93. The van der Waals surface area contributed by atoms with Crippen molar-refractivity contribution in [2.24, 2.45) is 5.41 Å². The summed E-state index contributed by atoms with van der Waals surface area (Å²) in [5, 5.41) is 0. The van der Waals surface area contributed by atoms with E-state index < -0.39 is 0 Å². The highest BCUT2D eigenvalue weighted by atomic mass is 16.6. The smallest absolute Gasteiger partial charge is 0.227 e. The van der Waals surface area contributed by atoms with E-state index in [9.17, 15) is 4.79 Å². The highest BCUT2D eigenvalue weighted by molar-refractivity contribution is 5.81. The van der Waals surface area contributed by atoms with E-state index in [-0.39, 0.29) is 17.4 Å². The number of hydrogen-bond donors (Lipinski definition) is 0. The summed E-state index contributed by atoms with van der Waals surface area (Å²) >= 11 is 0. The number of benzene rings is 1. The predicted molar refractivity (Wildman–Crippen MR) is 73.4 cm³/mol. The van der Waals surface area contributed by atoms with Crippen molar-refractivity contribution >= 4 is 5.91 Å². The third-order valence-corrected chi connectivity index (χ3v) is 3.03. The molecule has 0 N–H and O–H groups in total. The summed E-state index contributed by atoms with van der Waals surface area (Å²) in [6.45, 7) is 6.75. The molecule has 1 amide bonds. The van der Waals surface area contributed by atoms with Crippen LogP contribution in [-0.2, 0) is 4.79 Å². The summed E-state index contributed by atoms with van der Waals surface area (Å²) in [5.74, 6) is 1.62. The molecular formula is C15H21NO3. The van der Waals surface area contributed by atoms with E-state index in [1.54, 1.807) is 11.9 Å². The van der Waals surface area contributed by atoms with Crippen LogP contribution >= 0.6 is 0 Å².